The van der Waals surface area contributed by atoms with Crippen LogP contribution in [0.1, 0.15) is 0 Å². The third kappa shape index (κ3) is 4.27. The van der Waals surface area contributed by atoms with Crippen molar-refractivity contribution in [1.29, 1.82) is 0 Å². The molecule has 6 aromatic carbocycles. The zero-order valence-electron chi connectivity index (χ0n) is 25.5. The van der Waals surface area contributed by atoms with Gasteiger partial charge in [0.1, 0.15) is 11.0 Å². The fourth-order valence-electron chi connectivity index (χ4n) is 6.82. The summed E-state index contributed by atoms with van der Waals surface area (Å²) < 4.78 is 11.1. The lowest BCUT2D eigenvalue weighted by Gasteiger charge is -2.14. The molecule has 0 radical (unpaired) electrons. The van der Waals surface area contributed by atoms with Crippen molar-refractivity contribution in [2.24, 2.45) is 0 Å². The van der Waals surface area contributed by atoms with Crippen molar-refractivity contribution in [3.8, 4) is 45.0 Å². The Hall–Kier alpha value is -6.66. The van der Waals surface area contributed by atoms with Crippen molar-refractivity contribution in [1.82, 2.24) is 19.9 Å². The Morgan fingerprint density at radius 1 is 0.333 bits per heavy atom. The number of pyridine rings is 2. The first-order chi connectivity index (χ1) is 23.7. The molecular formula is C42H24N4O2. The number of nitrogens with zero attached hydrogens (tertiary/aromatic N) is 4. The van der Waals surface area contributed by atoms with Gasteiger partial charge in [0.25, 0.3) is 0 Å². The van der Waals surface area contributed by atoms with Gasteiger partial charge in [0.05, 0.1) is 22.8 Å². The minimum Gasteiger partial charge on any atom is -0.443 e. The maximum absolute atomic E-state index is 5.54. The summed E-state index contributed by atoms with van der Waals surface area (Å²) in [5.74, 6) is 0. The van der Waals surface area contributed by atoms with E-state index in [4.69, 9.17) is 18.8 Å². The largest absolute Gasteiger partial charge is 0.443 e. The molecule has 48 heavy (non-hydrogen) atoms. The van der Waals surface area contributed by atoms with E-state index in [9.17, 15) is 0 Å². The molecule has 0 unspecified atom stereocenters. The number of rotatable bonds is 4. The Kier molecular flexibility index (Phi) is 5.77. The normalized spacial score (nSPS) is 11.8. The van der Waals surface area contributed by atoms with Gasteiger partial charge in [0, 0.05) is 22.3 Å². The predicted octanol–water partition coefficient (Wildman–Crippen LogP) is 10.9. The van der Waals surface area contributed by atoms with Crippen LogP contribution in [0.2, 0.25) is 0 Å². The summed E-state index contributed by atoms with van der Waals surface area (Å²) in [4.78, 5) is 18.6. The van der Waals surface area contributed by atoms with Gasteiger partial charge in [-0.3, -0.25) is 0 Å². The molecule has 4 heterocycles. The number of hydrogen-bond donors (Lipinski definition) is 0. The minimum absolute atomic E-state index is 0.750. The molecule has 0 fully saturated rings. The highest BCUT2D eigenvalue weighted by Gasteiger charge is 2.14. The molecule has 0 spiro atoms. The molecular weight excluding hydrogens is 592 g/mol. The number of hydrogen-bond acceptors (Lipinski definition) is 6. The molecule has 0 aliphatic heterocycles. The number of oxazole rings is 2. The lowest BCUT2D eigenvalue weighted by atomic mass is 9.91. The number of aromatic nitrogens is 4. The van der Waals surface area contributed by atoms with Crippen molar-refractivity contribution in [2.75, 3.05) is 0 Å². The summed E-state index contributed by atoms with van der Waals surface area (Å²) in [6.07, 6.45) is 2.94. The molecule has 0 N–H and O–H groups in total. The van der Waals surface area contributed by atoms with Gasteiger partial charge in [-0.2, -0.15) is 0 Å². The standard InChI is InChI=1S/C42H24N4O2/c1-2-6-30-29(5-1)33-19-25(35-7-3-9-37(45-35)27-13-17-39-41(21-27)47-23-43-39)11-15-31(33)32-16-12-26(20-34(30)32)36-8-4-10-38(46-36)28-14-18-40-42(22-28)48-24-44-40/h1-24H. The maximum atomic E-state index is 5.54. The van der Waals surface area contributed by atoms with E-state index in [1.807, 2.05) is 48.5 Å². The second kappa shape index (κ2) is 10.4. The van der Waals surface area contributed by atoms with Crippen LogP contribution in [0.3, 0.4) is 0 Å². The Balaban J connectivity index is 1.08. The molecule has 0 saturated carbocycles. The summed E-state index contributed by atoms with van der Waals surface area (Å²) in [6.45, 7) is 0. The first kappa shape index (κ1) is 26.5. The van der Waals surface area contributed by atoms with Gasteiger partial charge in [-0.1, -0.05) is 72.8 Å². The van der Waals surface area contributed by atoms with Crippen LogP contribution in [0.4, 0.5) is 0 Å². The fourth-order valence-corrected chi connectivity index (χ4v) is 6.82. The van der Waals surface area contributed by atoms with Crippen LogP contribution in [0, 0.1) is 0 Å². The zero-order chi connectivity index (χ0) is 31.6. The number of benzene rings is 6. The van der Waals surface area contributed by atoms with E-state index in [1.165, 1.54) is 45.1 Å². The lowest BCUT2D eigenvalue weighted by Crippen LogP contribution is -1.90. The SMILES string of the molecule is c1cc(-c2ccc3ncoc3c2)nc(-c2ccc3c4ccc(-c5cccc(-c6ccc7ncoc7c6)n5)cc4c4ccccc4c3c2)c1. The summed E-state index contributed by atoms with van der Waals surface area (Å²) in [6, 6.07) is 46.3. The molecule has 4 aromatic heterocycles. The highest BCUT2D eigenvalue weighted by atomic mass is 16.3. The molecule has 6 nitrogen and oxygen atoms in total. The highest BCUT2D eigenvalue weighted by Crippen LogP contribution is 2.39. The van der Waals surface area contributed by atoms with E-state index < -0.39 is 0 Å². The van der Waals surface area contributed by atoms with Crippen molar-refractivity contribution in [2.45, 2.75) is 0 Å². The van der Waals surface area contributed by atoms with Crippen LogP contribution in [-0.4, -0.2) is 19.9 Å². The summed E-state index contributed by atoms with van der Waals surface area (Å²) in [5.41, 5.74) is 10.9. The monoisotopic (exact) mass is 616 g/mol. The predicted molar refractivity (Wildman–Crippen MR) is 191 cm³/mol. The highest BCUT2D eigenvalue weighted by molar-refractivity contribution is 6.26. The van der Waals surface area contributed by atoms with Gasteiger partial charge < -0.3 is 8.83 Å². The summed E-state index contributed by atoms with van der Waals surface area (Å²) in [5, 5.41) is 7.20. The topological polar surface area (TPSA) is 77.8 Å². The smallest absolute Gasteiger partial charge is 0.181 e. The molecule has 0 bridgehead atoms. The van der Waals surface area contributed by atoms with Crippen LogP contribution in [-0.2, 0) is 0 Å². The first-order valence-electron chi connectivity index (χ1n) is 15.8. The Morgan fingerprint density at radius 2 is 0.729 bits per heavy atom. The second-order valence-electron chi connectivity index (χ2n) is 12.0. The van der Waals surface area contributed by atoms with Crippen LogP contribution in [0.5, 0.6) is 0 Å². The minimum atomic E-state index is 0.750. The van der Waals surface area contributed by atoms with Crippen LogP contribution >= 0.6 is 0 Å². The van der Waals surface area contributed by atoms with Gasteiger partial charge >= 0.3 is 0 Å². The molecule has 0 aliphatic rings. The van der Waals surface area contributed by atoms with Crippen LogP contribution < -0.4 is 0 Å². The summed E-state index contributed by atoms with van der Waals surface area (Å²) in [7, 11) is 0. The van der Waals surface area contributed by atoms with E-state index in [-0.39, 0.29) is 0 Å². The zero-order valence-corrected chi connectivity index (χ0v) is 25.5. The van der Waals surface area contributed by atoms with Gasteiger partial charge in [-0.05, 0) is 93.0 Å². The molecule has 224 valence electrons. The van der Waals surface area contributed by atoms with Gasteiger partial charge in [0.15, 0.2) is 24.0 Å². The maximum Gasteiger partial charge on any atom is 0.181 e. The molecule has 6 heteroatoms. The van der Waals surface area contributed by atoms with Crippen LogP contribution in [0.25, 0.3) is 99.5 Å². The Morgan fingerprint density at radius 3 is 1.19 bits per heavy atom. The average molecular weight is 617 g/mol. The Labute approximate surface area is 274 Å². The molecule has 0 atom stereocenters. The quantitative estimate of drug-likeness (QED) is 0.183. The van der Waals surface area contributed by atoms with Crippen molar-refractivity contribution in [3.05, 3.63) is 146 Å². The van der Waals surface area contributed by atoms with Gasteiger partial charge in [-0.25, -0.2) is 19.9 Å². The van der Waals surface area contributed by atoms with Gasteiger partial charge in [0.2, 0.25) is 0 Å². The van der Waals surface area contributed by atoms with E-state index >= 15 is 0 Å². The first-order valence-corrected chi connectivity index (χ1v) is 15.8. The second-order valence-corrected chi connectivity index (χ2v) is 12.0. The van der Waals surface area contributed by atoms with E-state index in [2.05, 4.69) is 94.9 Å². The number of fused-ring (bicyclic) bond motifs is 8. The molecule has 10 rings (SSSR count). The molecule has 0 saturated heterocycles. The Bertz CT molecular complexity index is 2650. The fraction of sp³-hybridized carbons (Fsp3) is 0. The van der Waals surface area contributed by atoms with E-state index in [1.54, 1.807) is 0 Å². The lowest BCUT2D eigenvalue weighted by molar-refractivity contribution is 0.602. The van der Waals surface area contributed by atoms with E-state index in [0.717, 1.165) is 67.2 Å². The van der Waals surface area contributed by atoms with Gasteiger partial charge in [-0.15, -0.1) is 0 Å². The van der Waals surface area contributed by atoms with Crippen molar-refractivity contribution < 1.29 is 8.83 Å². The molecule has 10 aromatic rings. The van der Waals surface area contributed by atoms with Crippen molar-refractivity contribution in [3.63, 3.8) is 0 Å². The van der Waals surface area contributed by atoms with E-state index in [0.29, 0.717) is 0 Å². The third-order valence-electron chi connectivity index (χ3n) is 9.18. The molecule has 0 aliphatic carbocycles. The van der Waals surface area contributed by atoms with Crippen molar-refractivity contribution >= 4 is 54.5 Å². The van der Waals surface area contributed by atoms with Crippen LogP contribution in [0.15, 0.2) is 155 Å². The third-order valence-corrected chi connectivity index (χ3v) is 9.18. The summed E-state index contributed by atoms with van der Waals surface area (Å²) >= 11 is 0. The molecule has 0 amide bonds. The average Bonchev–Trinajstić information content (AvgIpc) is 3.84.